The van der Waals surface area contributed by atoms with Crippen LogP contribution in [0.3, 0.4) is 0 Å². The molecule has 1 unspecified atom stereocenters. The summed E-state index contributed by atoms with van der Waals surface area (Å²) in [5.41, 5.74) is 1.22. The van der Waals surface area contributed by atoms with E-state index in [9.17, 15) is 9.59 Å². The Morgan fingerprint density at radius 3 is 2.53 bits per heavy atom. The first-order chi connectivity index (χ1) is 8.99. The molecular weight excluding hydrogens is 244 g/mol. The smallest absolute Gasteiger partial charge is 0.326 e. The lowest BCUT2D eigenvalue weighted by atomic mass is 10.0. The number of rotatable bonds is 4. The minimum absolute atomic E-state index is 0.175. The van der Waals surface area contributed by atoms with Crippen molar-refractivity contribution < 1.29 is 14.7 Å². The van der Waals surface area contributed by atoms with Gasteiger partial charge >= 0.3 is 5.97 Å². The van der Waals surface area contributed by atoms with E-state index in [4.69, 9.17) is 5.11 Å². The third-order valence-electron chi connectivity index (χ3n) is 2.99. The fraction of sp³-hybridized carbons (Fsp3) is 0.286. The van der Waals surface area contributed by atoms with Crippen LogP contribution in [-0.4, -0.2) is 28.0 Å². The van der Waals surface area contributed by atoms with Gasteiger partial charge in [-0.25, -0.2) is 4.79 Å². The third-order valence-corrected chi connectivity index (χ3v) is 2.99. The second kappa shape index (κ2) is 5.14. The predicted molar refractivity (Wildman–Crippen MR) is 72.0 cm³/mol. The normalized spacial score (nSPS) is 12.6. The molecule has 0 aliphatic rings. The quantitative estimate of drug-likeness (QED) is 0.786. The number of aromatic nitrogens is 1. The van der Waals surface area contributed by atoms with Crippen molar-refractivity contribution in [2.45, 2.75) is 19.9 Å². The lowest BCUT2D eigenvalue weighted by molar-refractivity contribution is -0.140. The number of aliphatic carboxylic acids is 1. The van der Waals surface area contributed by atoms with Gasteiger partial charge in [0.25, 0.3) is 5.91 Å². The lowest BCUT2D eigenvalue weighted by Gasteiger charge is -2.17. The fourth-order valence-electron chi connectivity index (χ4n) is 1.93. The van der Waals surface area contributed by atoms with Crippen molar-refractivity contribution in [1.29, 1.82) is 0 Å². The number of nitrogens with one attached hydrogen (secondary N) is 2. The van der Waals surface area contributed by atoms with Gasteiger partial charge in [-0.2, -0.15) is 0 Å². The summed E-state index contributed by atoms with van der Waals surface area (Å²) in [5, 5.41) is 12.5. The predicted octanol–water partition coefficient (Wildman–Crippen LogP) is 2.01. The summed E-state index contributed by atoms with van der Waals surface area (Å²) in [6.07, 6.45) is 0. The van der Waals surface area contributed by atoms with E-state index in [1.165, 1.54) is 0 Å². The molecule has 0 bridgehead atoms. The Labute approximate surface area is 110 Å². The number of para-hydroxylation sites is 1. The number of hydrogen-bond donors (Lipinski definition) is 3. The number of benzene rings is 1. The maximum atomic E-state index is 12.0. The van der Waals surface area contributed by atoms with Gasteiger partial charge in [-0.3, -0.25) is 4.79 Å². The van der Waals surface area contributed by atoms with Gasteiger partial charge in [-0.05, 0) is 18.1 Å². The molecule has 0 aliphatic heterocycles. The molecule has 1 aromatic carbocycles. The molecule has 5 nitrogen and oxygen atoms in total. The van der Waals surface area contributed by atoms with Crippen molar-refractivity contribution in [3.8, 4) is 0 Å². The zero-order valence-corrected chi connectivity index (χ0v) is 10.8. The molecule has 0 saturated carbocycles. The third kappa shape index (κ3) is 2.76. The van der Waals surface area contributed by atoms with Gasteiger partial charge in [0, 0.05) is 10.9 Å². The van der Waals surface area contributed by atoms with Crippen LogP contribution in [0.5, 0.6) is 0 Å². The average Bonchev–Trinajstić information content (AvgIpc) is 2.78. The number of amides is 1. The van der Waals surface area contributed by atoms with Crippen molar-refractivity contribution in [3.05, 3.63) is 36.0 Å². The van der Waals surface area contributed by atoms with Gasteiger partial charge in [0.15, 0.2) is 0 Å². The molecular formula is C14H16N2O3. The van der Waals surface area contributed by atoms with E-state index in [-0.39, 0.29) is 5.92 Å². The summed E-state index contributed by atoms with van der Waals surface area (Å²) in [5.74, 6) is -1.61. The van der Waals surface area contributed by atoms with E-state index in [0.29, 0.717) is 5.69 Å². The van der Waals surface area contributed by atoms with Crippen LogP contribution in [0.1, 0.15) is 24.3 Å². The van der Waals surface area contributed by atoms with Crippen LogP contribution < -0.4 is 5.32 Å². The second-order valence-electron chi connectivity index (χ2n) is 4.80. The molecule has 0 spiro atoms. The van der Waals surface area contributed by atoms with E-state index in [2.05, 4.69) is 10.3 Å². The highest BCUT2D eigenvalue weighted by molar-refractivity contribution is 5.99. The minimum Gasteiger partial charge on any atom is -0.480 e. The Kier molecular flexibility index (Phi) is 3.55. The summed E-state index contributed by atoms with van der Waals surface area (Å²) in [6, 6.07) is 8.33. The van der Waals surface area contributed by atoms with Crippen molar-refractivity contribution in [2.75, 3.05) is 0 Å². The van der Waals surface area contributed by atoms with Crippen LogP contribution in [0.2, 0.25) is 0 Å². The molecule has 1 heterocycles. The molecule has 19 heavy (non-hydrogen) atoms. The standard InChI is InChI=1S/C14H16N2O3/c1-8(2)12(14(18)19)16-13(17)11-7-9-5-3-4-6-10(9)15-11/h3-8,12,15H,1-2H3,(H,16,17)(H,18,19). The Morgan fingerprint density at radius 2 is 1.95 bits per heavy atom. The summed E-state index contributed by atoms with van der Waals surface area (Å²) >= 11 is 0. The molecule has 1 amide bonds. The first kappa shape index (κ1) is 13.1. The largest absolute Gasteiger partial charge is 0.480 e. The number of H-pyrrole nitrogens is 1. The highest BCUT2D eigenvalue weighted by Crippen LogP contribution is 2.15. The van der Waals surface area contributed by atoms with E-state index < -0.39 is 17.9 Å². The Bertz CT molecular complexity index is 583. The molecule has 0 aliphatic carbocycles. The molecule has 1 atom stereocenters. The van der Waals surface area contributed by atoms with Crippen LogP contribution in [0.4, 0.5) is 0 Å². The fourth-order valence-corrected chi connectivity index (χ4v) is 1.93. The molecule has 0 radical (unpaired) electrons. The highest BCUT2D eigenvalue weighted by atomic mass is 16.4. The van der Waals surface area contributed by atoms with Gasteiger partial charge in [0.2, 0.25) is 0 Å². The minimum atomic E-state index is -1.03. The van der Waals surface area contributed by atoms with Gasteiger partial charge in [0.1, 0.15) is 11.7 Å². The number of carbonyl (C=O) groups excluding carboxylic acids is 1. The molecule has 5 heteroatoms. The molecule has 3 N–H and O–H groups in total. The topological polar surface area (TPSA) is 82.2 Å². The maximum Gasteiger partial charge on any atom is 0.326 e. The van der Waals surface area contributed by atoms with Crippen LogP contribution in [0.25, 0.3) is 10.9 Å². The number of carboxylic acid groups (broad SMARTS) is 1. The summed E-state index contributed by atoms with van der Waals surface area (Å²) in [4.78, 5) is 26.1. The van der Waals surface area contributed by atoms with Crippen LogP contribution >= 0.6 is 0 Å². The van der Waals surface area contributed by atoms with E-state index in [1.54, 1.807) is 19.9 Å². The zero-order valence-electron chi connectivity index (χ0n) is 10.8. The maximum absolute atomic E-state index is 12.0. The summed E-state index contributed by atoms with van der Waals surface area (Å²) in [6.45, 7) is 3.51. The molecule has 1 aromatic heterocycles. The Morgan fingerprint density at radius 1 is 1.26 bits per heavy atom. The van der Waals surface area contributed by atoms with Crippen LogP contribution in [-0.2, 0) is 4.79 Å². The zero-order chi connectivity index (χ0) is 14.0. The van der Waals surface area contributed by atoms with Crippen molar-refractivity contribution in [3.63, 3.8) is 0 Å². The number of carboxylic acids is 1. The molecule has 2 rings (SSSR count). The van der Waals surface area contributed by atoms with E-state index >= 15 is 0 Å². The summed E-state index contributed by atoms with van der Waals surface area (Å²) < 4.78 is 0. The van der Waals surface area contributed by atoms with E-state index in [0.717, 1.165) is 10.9 Å². The van der Waals surface area contributed by atoms with Gasteiger partial charge < -0.3 is 15.4 Å². The monoisotopic (exact) mass is 260 g/mol. The van der Waals surface area contributed by atoms with Crippen LogP contribution in [0, 0.1) is 5.92 Å². The average molecular weight is 260 g/mol. The van der Waals surface area contributed by atoms with Crippen LogP contribution in [0.15, 0.2) is 30.3 Å². The lowest BCUT2D eigenvalue weighted by Crippen LogP contribution is -2.44. The first-order valence-corrected chi connectivity index (χ1v) is 6.10. The van der Waals surface area contributed by atoms with E-state index in [1.807, 2.05) is 24.3 Å². The second-order valence-corrected chi connectivity index (χ2v) is 4.80. The van der Waals surface area contributed by atoms with Crippen molar-refractivity contribution in [2.24, 2.45) is 5.92 Å². The Hall–Kier alpha value is -2.30. The van der Waals surface area contributed by atoms with Gasteiger partial charge in [-0.15, -0.1) is 0 Å². The SMILES string of the molecule is CC(C)C(NC(=O)c1cc2ccccc2[nH]1)C(=O)O. The Balaban J connectivity index is 2.21. The van der Waals surface area contributed by atoms with Crippen molar-refractivity contribution in [1.82, 2.24) is 10.3 Å². The summed E-state index contributed by atoms with van der Waals surface area (Å²) in [7, 11) is 0. The number of hydrogen-bond acceptors (Lipinski definition) is 2. The molecule has 0 saturated heterocycles. The van der Waals surface area contributed by atoms with Gasteiger partial charge in [0.05, 0.1) is 0 Å². The van der Waals surface area contributed by atoms with Crippen molar-refractivity contribution >= 4 is 22.8 Å². The molecule has 2 aromatic rings. The molecule has 0 fully saturated rings. The number of carbonyl (C=O) groups is 2. The number of fused-ring (bicyclic) bond motifs is 1. The first-order valence-electron chi connectivity index (χ1n) is 6.10. The van der Waals surface area contributed by atoms with Gasteiger partial charge in [-0.1, -0.05) is 32.0 Å². The highest BCUT2D eigenvalue weighted by Gasteiger charge is 2.24. The molecule has 100 valence electrons. The number of aromatic amines is 1.